The van der Waals surface area contributed by atoms with E-state index in [9.17, 15) is 0 Å². The molecule has 0 N–H and O–H groups in total. The topological polar surface area (TPSA) is 51.6 Å². The lowest BCUT2D eigenvalue weighted by molar-refractivity contribution is 0.961. The minimum atomic E-state index is 0.249. The maximum atomic E-state index is 5.88. The predicted octanol–water partition coefficient (Wildman–Crippen LogP) is 3.29. The van der Waals surface area contributed by atoms with Crippen molar-refractivity contribution in [2.75, 3.05) is 0 Å². The number of nitrogens with zero attached hydrogens (tertiary/aromatic N) is 4. The molecule has 0 aliphatic rings. The highest BCUT2D eigenvalue weighted by molar-refractivity contribution is 7.99. The van der Waals surface area contributed by atoms with Gasteiger partial charge in [0.15, 0.2) is 5.16 Å². The van der Waals surface area contributed by atoms with Crippen molar-refractivity contribution in [2.24, 2.45) is 0 Å². The van der Waals surface area contributed by atoms with Gasteiger partial charge in [0, 0.05) is 17.8 Å². The molecule has 0 spiro atoms. The molecule has 0 saturated heterocycles. The Balaban J connectivity index is 2.08. The van der Waals surface area contributed by atoms with E-state index in [1.54, 1.807) is 18.5 Å². The molecule has 0 aliphatic carbocycles. The summed E-state index contributed by atoms with van der Waals surface area (Å²) in [5, 5.41) is 4.63. The summed E-state index contributed by atoms with van der Waals surface area (Å²) in [4.78, 5) is 17.5. The maximum Gasteiger partial charge on any atom is 0.224 e. The zero-order valence-corrected chi connectivity index (χ0v) is 10.8. The number of fused-ring (bicyclic) bond motifs is 1. The Bertz CT molecular complexity index is 656. The highest BCUT2D eigenvalue weighted by Gasteiger charge is 2.10. The van der Waals surface area contributed by atoms with Gasteiger partial charge < -0.3 is 0 Å². The van der Waals surface area contributed by atoms with Crippen molar-refractivity contribution in [2.45, 2.75) is 10.2 Å². The third kappa shape index (κ3) is 2.24. The fourth-order valence-electron chi connectivity index (χ4n) is 1.31. The molecular weight excluding hydrogens is 276 g/mol. The van der Waals surface area contributed by atoms with Gasteiger partial charge in [-0.1, -0.05) is 0 Å². The Labute approximate surface area is 110 Å². The molecule has 4 nitrogen and oxygen atoms in total. The lowest BCUT2D eigenvalue weighted by Gasteiger charge is -2.00. The average Bonchev–Trinajstić information content (AvgIpc) is 2.78. The number of hydrogen-bond donors (Lipinski definition) is 0. The van der Waals surface area contributed by atoms with E-state index in [-0.39, 0.29) is 5.28 Å². The fraction of sp³-hybridized carbons (Fsp3) is 0. The van der Waals surface area contributed by atoms with Crippen molar-refractivity contribution in [3.63, 3.8) is 0 Å². The van der Waals surface area contributed by atoms with Crippen molar-refractivity contribution in [3.05, 3.63) is 35.2 Å². The van der Waals surface area contributed by atoms with E-state index in [1.165, 1.54) is 23.1 Å². The summed E-state index contributed by atoms with van der Waals surface area (Å²) in [6.07, 6.45) is 3.39. The normalized spacial score (nSPS) is 10.9. The zero-order valence-electron chi connectivity index (χ0n) is 8.37. The first-order valence-electron chi connectivity index (χ1n) is 4.68. The first-order valence-corrected chi connectivity index (χ1v) is 6.76. The molecule has 0 aromatic carbocycles. The molecule has 84 valence electrons. The number of thiophene rings is 1. The molecule has 7 heteroatoms. The van der Waals surface area contributed by atoms with Crippen LogP contribution in [0.25, 0.3) is 10.2 Å². The van der Waals surface area contributed by atoms with Crippen LogP contribution in [0.1, 0.15) is 0 Å². The monoisotopic (exact) mass is 280 g/mol. The van der Waals surface area contributed by atoms with Gasteiger partial charge in [-0.25, -0.2) is 19.9 Å². The van der Waals surface area contributed by atoms with Crippen LogP contribution in [0, 0.1) is 0 Å². The van der Waals surface area contributed by atoms with E-state index >= 15 is 0 Å². The van der Waals surface area contributed by atoms with Crippen molar-refractivity contribution >= 4 is 44.9 Å². The van der Waals surface area contributed by atoms with Crippen LogP contribution in [0.5, 0.6) is 0 Å². The highest BCUT2D eigenvalue weighted by atomic mass is 35.5. The molecule has 0 saturated carbocycles. The van der Waals surface area contributed by atoms with Crippen LogP contribution < -0.4 is 0 Å². The van der Waals surface area contributed by atoms with Crippen molar-refractivity contribution in [1.82, 2.24) is 19.9 Å². The maximum absolute atomic E-state index is 5.88. The number of rotatable bonds is 2. The lowest BCUT2D eigenvalue weighted by Crippen LogP contribution is -1.89. The highest BCUT2D eigenvalue weighted by Crippen LogP contribution is 2.32. The van der Waals surface area contributed by atoms with E-state index in [0.29, 0.717) is 5.16 Å². The van der Waals surface area contributed by atoms with Gasteiger partial charge in [0.05, 0.1) is 0 Å². The Kier molecular flexibility index (Phi) is 2.92. The summed E-state index contributed by atoms with van der Waals surface area (Å²) in [7, 11) is 0. The summed E-state index contributed by atoms with van der Waals surface area (Å²) in [5.74, 6) is 0. The largest absolute Gasteiger partial charge is 0.231 e. The molecule has 3 aromatic rings. The van der Waals surface area contributed by atoms with Crippen LogP contribution in [0.4, 0.5) is 0 Å². The van der Waals surface area contributed by atoms with Gasteiger partial charge in [-0.15, -0.1) is 11.3 Å². The summed E-state index contributed by atoms with van der Waals surface area (Å²) < 4.78 is 0. The predicted molar refractivity (Wildman–Crippen MR) is 68.6 cm³/mol. The van der Waals surface area contributed by atoms with Crippen molar-refractivity contribution < 1.29 is 0 Å². The summed E-state index contributed by atoms with van der Waals surface area (Å²) in [6, 6.07) is 3.75. The van der Waals surface area contributed by atoms with Gasteiger partial charge in [-0.2, -0.15) is 0 Å². The average molecular weight is 281 g/mol. The second-order valence-electron chi connectivity index (χ2n) is 3.07. The molecule has 3 aromatic heterocycles. The number of aromatic nitrogens is 4. The third-order valence-corrected chi connectivity index (χ3v) is 3.87. The Morgan fingerprint density at radius 2 is 2.00 bits per heavy atom. The molecule has 3 heterocycles. The van der Waals surface area contributed by atoms with Gasteiger partial charge >= 0.3 is 0 Å². The Hall–Kier alpha value is -1.24. The molecule has 0 amide bonds. The van der Waals surface area contributed by atoms with E-state index < -0.39 is 0 Å². The van der Waals surface area contributed by atoms with Crippen LogP contribution in [0.2, 0.25) is 5.28 Å². The Morgan fingerprint density at radius 1 is 1.18 bits per heavy atom. The van der Waals surface area contributed by atoms with E-state index in [0.717, 1.165) is 15.2 Å². The quantitative estimate of drug-likeness (QED) is 0.532. The minimum absolute atomic E-state index is 0.249. The molecule has 0 radical (unpaired) electrons. The molecule has 0 bridgehead atoms. The van der Waals surface area contributed by atoms with Crippen LogP contribution in [-0.4, -0.2) is 19.9 Å². The van der Waals surface area contributed by atoms with E-state index in [4.69, 9.17) is 11.6 Å². The summed E-state index contributed by atoms with van der Waals surface area (Å²) in [6.45, 7) is 0. The number of halogens is 1. The third-order valence-electron chi connectivity index (χ3n) is 1.99. The first kappa shape index (κ1) is 10.9. The van der Waals surface area contributed by atoms with E-state index in [2.05, 4.69) is 19.9 Å². The van der Waals surface area contributed by atoms with Gasteiger partial charge in [0.25, 0.3) is 0 Å². The molecule has 0 unspecified atom stereocenters. The van der Waals surface area contributed by atoms with Crippen molar-refractivity contribution in [1.29, 1.82) is 0 Å². The van der Waals surface area contributed by atoms with Crippen molar-refractivity contribution in [3.8, 4) is 0 Å². The van der Waals surface area contributed by atoms with Crippen LogP contribution in [-0.2, 0) is 0 Å². The SMILES string of the molecule is Clc1nc(Sc2ncccn2)c2ccsc2n1. The van der Waals surface area contributed by atoms with Gasteiger partial charge in [-0.3, -0.25) is 0 Å². The summed E-state index contributed by atoms with van der Waals surface area (Å²) >= 11 is 8.80. The summed E-state index contributed by atoms with van der Waals surface area (Å²) in [5.41, 5.74) is 0. The second kappa shape index (κ2) is 4.56. The molecule has 0 fully saturated rings. The molecule has 0 atom stereocenters. The lowest BCUT2D eigenvalue weighted by atomic mass is 10.4. The van der Waals surface area contributed by atoms with Crippen LogP contribution in [0.15, 0.2) is 40.1 Å². The van der Waals surface area contributed by atoms with Gasteiger partial charge in [0.1, 0.15) is 9.86 Å². The standard InChI is InChI=1S/C10H5ClN4S2/c11-9-14-7-6(2-5-16-7)8(15-9)17-10-12-3-1-4-13-10/h1-5H. The molecule has 3 rings (SSSR count). The molecular formula is C10H5ClN4S2. The zero-order chi connectivity index (χ0) is 11.7. The fourth-order valence-corrected chi connectivity index (χ4v) is 3.21. The molecule has 0 aliphatic heterocycles. The van der Waals surface area contributed by atoms with E-state index in [1.807, 2.05) is 11.4 Å². The van der Waals surface area contributed by atoms with Crippen LogP contribution in [0.3, 0.4) is 0 Å². The van der Waals surface area contributed by atoms with Gasteiger partial charge in [0.2, 0.25) is 5.28 Å². The first-order chi connectivity index (χ1) is 8.33. The number of hydrogen-bond acceptors (Lipinski definition) is 6. The smallest absolute Gasteiger partial charge is 0.224 e. The Morgan fingerprint density at radius 3 is 2.82 bits per heavy atom. The minimum Gasteiger partial charge on any atom is -0.231 e. The van der Waals surface area contributed by atoms with Gasteiger partial charge in [-0.05, 0) is 40.9 Å². The second-order valence-corrected chi connectivity index (χ2v) is 5.26. The van der Waals surface area contributed by atoms with Crippen LogP contribution >= 0.6 is 34.7 Å². The molecule has 17 heavy (non-hydrogen) atoms.